The molecule has 0 spiro atoms. The van der Waals surface area contributed by atoms with Gasteiger partial charge in [0.05, 0.1) is 5.69 Å². The molecule has 1 N–H and O–H groups in total. The minimum atomic E-state index is 0.682. The molecule has 3 heteroatoms. The van der Waals surface area contributed by atoms with Gasteiger partial charge in [0.2, 0.25) is 0 Å². The number of nitrogens with one attached hydrogen (secondary N) is 1. The molecule has 0 aromatic carbocycles. The molecule has 2 rings (SSSR count). The second kappa shape index (κ2) is 3.50. The fraction of sp³-hybridized carbons (Fsp3) is 0.700. The molecule has 0 amide bonds. The van der Waals surface area contributed by atoms with Gasteiger partial charge in [0.1, 0.15) is 0 Å². The monoisotopic (exact) mass is 179 g/mol. The van der Waals surface area contributed by atoms with E-state index in [1.807, 2.05) is 0 Å². The topological polar surface area (TPSA) is 31.9 Å². The third-order valence-corrected chi connectivity index (χ3v) is 2.86. The molecule has 0 bridgehead atoms. The lowest BCUT2D eigenvalue weighted by Crippen LogP contribution is -2.29. The van der Waals surface area contributed by atoms with E-state index in [0.29, 0.717) is 5.92 Å². The summed E-state index contributed by atoms with van der Waals surface area (Å²) in [6, 6.07) is 2.18. The van der Waals surface area contributed by atoms with Crippen molar-refractivity contribution < 1.29 is 0 Å². The number of hydrogen-bond donors (Lipinski definition) is 1. The highest BCUT2D eigenvalue weighted by Crippen LogP contribution is 2.25. The fourth-order valence-electron chi connectivity index (χ4n) is 1.95. The van der Waals surface area contributed by atoms with Crippen LogP contribution >= 0.6 is 0 Å². The van der Waals surface area contributed by atoms with E-state index < -0.39 is 0 Å². The second-order valence-electron chi connectivity index (χ2n) is 4.05. The summed E-state index contributed by atoms with van der Waals surface area (Å²) in [6.07, 6.45) is 2.50. The maximum Gasteiger partial charge on any atom is 0.0656 e. The van der Waals surface area contributed by atoms with Crippen LogP contribution in [0.4, 0.5) is 0 Å². The van der Waals surface area contributed by atoms with Crippen LogP contribution in [0.15, 0.2) is 6.07 Å². The van der Waals surface area contributed by atoms with Crippen LogP contribution in [0.2, 0.25) is 0 Å². The van der Waals surface area contributed by atoms with E-state index in [2.05, 4.69) is 35.1 Å². The Labute approximate surface area is 79.1 Å². The molecule has 1 aliphatic rings. The Hall–Kier alpha value is -0.830. The maximum atomic E-state index is 4.32. The van der Waals surface area contributed by atoms with E-state index in [1.54, 1.807) is 0 Å². The van der Waals surface area contributed by atoms with Gasteiger partial charge in [0.15, 0.2) is 0 Å². The van der Waals surface area contributed by atoms with Crippen LogP contribution in [-0.4, -0.2) is 35.2 Å². The van der Waals surface area contributed by atoms with Crippen LogP contribution in [0.1, 0.15) is 30.1 Å². The van der Waals surface area contributed by atoms with E-state index in [0.717, 1.165) is 0 Å². The predicted octanol–water partition coefficient (Wildman–Crippen LogP) is 1.53. The van der Waals surface area contributed by atoms with Crippen LogP contribution in [0.3, 0.4) is 0 Å². The van der Waals surface area contributed by atoms with E-state index in [9.17, 15) is 0 Å². The molecule has 1 aliphatic heterocycles. The predicted molar refractivity (Wildman–Crippen MR) is 52.8 cm³/mol. The number of likely N-dealkylation sites (tertiary alicyclic amines) is 1. The van der Waals surface area contributed by atoms with Gasteiger partial charge in [-0.3, -0.25) is 5.10 Å². The number of hydrogen-bond acceptors (Lipinski definition) is 2. The Morgan fingerprint density at radius 2 is 2.15 bits per heavy atom. The summed E-state index contributed by atoms with van der Waals surface area (Å²) in [5, 5.41) is 7.33. The minimum Gasteiger partial charge on any atom is -0.306 e. The van der Waals surface area contributed by atoms with Gasteiger partial charge in [-0.15, -0.1) is 0 Å². The van der Waals surface area contributed by atoms with Crippen LogP contribution in [-0.2, 0) is 0 Å². The number of aryl methyl sites for hydroxylation is 1. The lowest BCUT2D eigenvalue weighted by atomic mass is 9.94. The van der Waals surface area contributed by atoms with E-state index in [4.69, 9.17) is 0 Å². The number of aromatic amines is 1. The normalized spacial score (nSPS) is 20.8. The molecule has 0 saturated carbocycles. The summed E-state index contributed by atoms with van der Waals surface area (Å²) < 4.78 is 0. The molecule has 0 aliphatic carbocycles. The molecule has 1 aromatic rings. The largest absolute Gasteiger partial charge is 0.306 e. The Balaban J connectivity index is 2.02. The van der Waals surface area contributed by atoms with Gasteiger partial charge in [0.25, 0.3) is 0 Å². The van der Waals surface area contributed by atoms with Gasteiger partial charge in [0, 0.05) is 11.6 Å². The molecule has 0 radical (unpaired) electrons. The molecular formula is C10H17N3. The molecule has 3 nitrogen and oxygen atoms in total. The Bertz CT molecular complexity index is 271. The molecular weight excluding hydrogens is 162 g/mol. The van der Waals surface area contributed by atoms with E-state index in [1.165, 1.54) is 37.3 Å². The van der Waals surface area contributed by atoms with Crippen molar-refractivity contribution in [1.29, 1.82) is 0 Å². The summed E-state index contributed by atoms with van der Waals surface area (Å²) in [5.74, 6) is 0.682. The average Bonchev–Trinajstić information content (AvgIpc) is 2.53. The first-order chi connectivity index (χ1) is 6.25. The minimum absolute atomic E-state index is 0.682. The quantitative estimate of drug-likeness (QED) is 0.709. The Kier molecular flexibility index (Phi) is 2.36. The van der Waals surface area contributed by atoms with Crippen molar-refractivity contribution in [2.45, 2.75) is 25.7 Å². The second-order valence-corrected chi connectivity index (χ2v) is 4.05. The van der Waals surface area contributed by atoms with E-state index in [-0.39, 0.29) is 0 Å². The van der Waals surface area contributed by atoms with Crippen LogP contribution < -0.4 is 0 Å². The average molecular weight is 179 g/mol. The van der Waals surface area contributed by atoms with E-state index >= 15 is 0 Å². The first kappa shape index (κ1) is 8.75. The number of H-pyrrole nitrogens is 1. The van der Waals surface area contributed by atoms with Gasteiger partial charge >= 0.3 is 0 Å². The number of rotatable bonds is 1. The molecule has 2 heterocycles. The standard InChI is InChI=1S/C10H17N3/c1-8-7-10(12-11-8)9-3-5-13(2)6-4-9/h7,9H,3-6H2,1-2H3,(H,11,12). The first-order valence-corrected chi connectivity index (χ1v) is 4.96. The Morgan fingerprint density at radius 1 is 1.46 bits per heavy atom. The van der Waals surface area contributed by atoms with Crippen LogP contribution in [0, 0.1) is 6.92 Å². The fourth-order valence-corrected chi connectivity index (χ4v) is 1.95. The molecule has 1 fully saturated rings. The van der Waals surface area contributed by atoms with Gasteiger partial charge in [-0.1, -0.05) is 0 Å². The summed E-state index contributed by atoms with van der Waals surface area (Å²) in [5.41, 5.74) is 2.43. The maximum absolute atomic E-state index is 4.32. The number of aromatic nitrogens is 2. The summed E-state index contributed by atoms with van der Waals surface area (Å²) in [4.78, 5) is 2.38. The molecule has 1 aromatic heterocycles. The van der Waals surface area contributed by atoms with Gasteiger partial charge in [-0.2, -0.15) is 5.10 Å². The third-order valence-electron chi connectivity index (χ3n) is 2.86. The summed E-state index contributed by atoms with van der Waals surface area (Å²) in [6.45, 7) is 4.47. The van der Waals surface area contributed by atoms with Crippen molar-refractivity contribution in [3.05, 3.63) is 17.5 Å². The van der Waals surface area contributed by atoms with Crippen molar-refractivity contribution >= 4 is 0 Å². The zero-order valence-electron chi connectivity index (χ0n) is 8.38. The van der Waals surface area contributed by atoms with Gasteiger partial charge in [-0.25, -0.2) is 0 Å². The smallest absolute Gasteiger partial charge is 0.0656 e. The highest BCUT2D eigenvalue weighted by molar-refractivity contribution is 5.12. The van der Waals surface area contributed by atoms with Crippen LogP contribution in [0.5, 0.6) is 0 Å². The molecule has 72 valence electrons. The third kappa shape index (κ3) is 1.91. The SMILES string of the molecule is Cc1cc(C2CCN(C)CC2)n[nH]1. The van der Waals surface area contributed by atoms with Crippen LogP contribution in [0.25, 0.3) is 0 Å². The van der Waals surface area contributed by atoms with Crippen molar-refractivity contribution in [2.75, 3.05) is 20.1 Å². The summed E-state index contributed by atoms with van der Waals surface area (Å²) in [7, 11) is 2.19. The molecule has 1 saturated heterocycles. The van der Waals surface area contributed by atoms with Crippen molar-refractivity contribution in [1.82, 2.24) is 15.1 Å². The van der Waals surface area contributed by atoms with Crippen molar-refractivity contribution in [3.8, 4) is 0 Å². The first-order valence-electron chi connectivity index (χ1n) is 4.96. The summed E-state index contributed by atoms with van der Waals surface area (Å²) >= 11 is 0. The Morgan fingerprint density at radius 3 is 2.69 bits per heavy atom. The lowest BCUT2D eigenvalue weighted by molar-refractivity contribution is 0.253. The molecule has 13 heavy (non-hydrogen) atoms. The highest BCUT2D eigenvalue weighted by Gasteiger charge is 2.19. The van der Waals surface area contributed by atoms with Gasteiger partial charge in [-0.05, 0) is 46.0 Å². The molecule has 0 atom stereocenters. The van der Waals surface area contributed by atoms with Crippen molar-refractivity contribution in [3.63, 3.8) is 0 Å². The zero-order valence-corrected chi connectivity index (χ0v) is 8.38. The van der Waals surface area contributed by atoms with Crippen molar-refractivity contribution in [2.24, 2.45) is 0 Å². The highest BCUT2D eigenvalue weighted by atomic mass is 15.1. The lowest BCUT2D eigenvalue weighted by Gasteiger charge is -2.27. The zero-order chi connectivity index (χ0) is 9.26. The number of nitrogens with zero attached hydrogens (tertiary/aromatic N) is 2. The molecule has 0 unspecified atom stereocenters. The number of piperidine rings is 1. The van der Waals surface area contributed by atoms with Gasteiger partial charge < -0.3 is 4.90 Å².